The minimum Gasteiger partial charge on any atom is -0.481 e. The summed E-state index contributed by atoms with van der Waals surface area (Å²) in [6, 6.07) is 17.7. The van der Waals surface area contributed by atoms with Gasteiger partial charge in [-0.2, -0.15) is 0 Å². The van der Waals surface area contributed by atoms with E-state index < -0.39 is 78.5 Å². The molecule has 0 fully saturated rings. The Balaban J connectivity index is 1.07. The fourth-order valence-corrected chi connectivity index (χ4v) is 9.07. The molecule has 4 aromatic carbocycles. The first-order valence-electron chi connectivity index (χ1n) is 25.8. The number of rotatable bonds is 28. The van der Waals surface area contributed by atoms with Crippen molar-refractivity contribution in [2.75, 3.05) is 99.7 Å². The molecule has 22 nitrogen and oxygen atoms in total. The molecule has 0 unspecified atom stereocenters. The monoisotopic (exact) mass is 1070 g/mol. The second-order valence-corrected chi connectivity index (χ2v) is 20.2. The van der Waals surface area contributed by atoms with E-state index >= 15 is 0 Å². The van der Waals surface area contributed by atoms with E-state index in [2.05, 4.69) is 31.9 Å². The van der Waals surface area contributed by atoms with Gasteiger partial charge in [-0.3, -0.25) is 28.8 Å². The lowest BCUT2D eigenvalue weighted by molar-refractivity contribution is -0.145. The molecule has 4 atom stereocenters. The number of pyridine rings is 2. The third-order valence-electron chi connectivity index (χ3n) is 13.3. The molecule has 9 N–H and O–H groups in total. The van der Waals surface area contributed by atoms with Crippen molar-refractivity contribution >= 4 is 119 Å². The summed E-state index contributed by atoms with van der Waals surface area (Å²) in [4.78, 5) is 108. The zero-order chi connectivity index (χ0) is 57.0. The van der Waals surface area contributed by atoms with Crippen LogP contribution in [0.4, 0.5) is 34.1 Å². The van der Waals surface area contributed by atoms with Crippen molar-refractivity contribution in [2.24, 2.45) is 0 Å². The van der Waals surface area contributed by atoms with Gasteiger partial charge in [0.2, 0.25) is 23.6 Å². The largest absolute Gasteiger partial charge is 0.481 e. The smallest absolute Gasteiger partial charge is 0.326 e. The van der Waals surface area contributed by atoms with E-state index in [0.29, 0.717) is 38.8 Å². The second-order valence-electron chi connectivity index (χ2n) is 20.2. The zero-order valence-electron chi connectivity index (χ0n) is 45.7. The van der Waals surface area contributed by atoms with Crippen molar-refractivity contribution in [2.45, 2.75) is 82.5 Å². The van der Waals surface area contributed by atoms with Crippen molar-refractivity contribution in [1.82, 2.24) is 31.2 Å². The van der Waals surface area contributed by atoms with Gasteiger partial charge in [0.25, 0.3) is 0 Å². The highest BCUT2D eigenvalue weighted by Gasteiger charge is 2.33. The number of aliphatic carboxylic acids is 3. The number of hydrogen-bond acceptors (Lipinski definition) is 15. The number of unbranched alkanes of at least 4 members (excludes halogenated alkanes) is 2. The van der Waals surface area contributed by atoms with Crippen LogP contribution >= 0.6 is 0 Å². The Morgan fingerprint density at radius 1 is 0.436 bits per heavy atom. The number of carboxylic acid groups (broad SMARTS) is 3. The van der Waals surface area contributed by atoms with Gasteiger partial charge >= 0.3 is 17.9 Å². The van der Waals surface area contributed by atoms with Crippen molar-refractivity contribution in [3.63, 3.8) is 0 Å². The first-order chi connectivity index (χ1) is 37.0. The normalized spacial score (nSPS) is 12.7. The molecule has 6 rings (SSSR count). The van der Waals surface area contributed by atoms with Gasteiger partial charge in [-0.15, -0.1) is 0 Å². The lowest BCUT2D eigenvalue weighted by Gasteiger charge is -2.25. The molecule has 6 aromatic rings. The van der Waals surface area contributed by atoms with E-state index in [0.717, 1.165) is 77.7 Å². The summed E-state index contributed by atoms with van der Waals surface area (Å²) in [5, 5.41) is 49.8. The fraction of sp³-hybridized carbons (Fsp3) is 0.411. The van der Waals surface area contributed by atoms with Crippen LogP contribution in [-0.2, 0) is 33.6 Å². The lowest BCUT2D eigenvalue weighted by atomic mass is 10.0. The van der Waals surface area contributed by atoms with Crippen LogP contribution in [0.5, 0.6) is 0 Å². The van der Waals surface area contributed by atoms with E-state index in [4.69, 9.17) is 9.97 Å². The highest BCUT2D eigenvalue weighted by molar-refractivity contribution is 6.10. The Morgan fingerprint density at radius 3 is 1.04 bits per heavy atom. The molecule has 4 amide bonds. The van der Waals surface area contributed by atoms with Crippen LogP contribution in [0.2, 0.25) is 0 Å². The summed E-state index contributed by atoms with van der Waals surface area (Å²) in [6.45, 7) is 2.09. The lowest BCUT2D eigenvalue weighted by Crippen LogP contribution is -2.58. The third kappa shape index (κ3) is 15.3. The van der Waals surface area contributed by atoms with E-state index in [1.807, 2.05) is 149 Å². The van der Waals surface area contributed by atoms with Crippen molar-refractivity contribution in [1.29, 1.82) is 0 Å². The molecule has 0 spiro atoms. The first-order valence-corrected chi connectivity index (χ1v) is 25.8. The van der Waals surface area contributed by atoms with Gasteiger partial charge in [0.05, 0.1) is 46.3 Å². The number of carboxylic acids is 3. The maximum absolute atomic E-state index is 13.8. The van der Waals surface area contributed by atoms with Crippen LogP contribution in [0, 0.1) is 0 Å². The summed E-state index contributed by atoms with van der Waals surface area (Å²) in [5.74, 6) is -8.24. The molecule has 0 aliphatic carbocycles. The summed E-state index contributed by atoms with van der Waals surface area (Å²) >= 11 is 0. The molecule has 0 aliphatic rings. The highest BCUT2D eigenvalue weighted by atomic mass is 16.4. The van der Waals surface area contributed by atoms with Crippen molar-refractivity contribution < 1.29 is 48.9 Å². The van der Waals surface area contributed by atoms with Crippen LogP contribution in [0.3, 0.4) is 0 Å². The molecule has 78 heavy (non-hydrogen) atoms. The Kier molecular flexibility index (Phi) is 19.8. The van der Waals surface area contributed by atoms with Gasteiger partial charge in [0.15, 0.2) is 0 Å². The number of nitrogens with one attached hydrogen (secondary N) is 6. The molecule has 0 radical (unpaired) electrons. The number of carbonyl (C=O) groups excluding carboxylic acids is 4. The number of nitrogens with zero attached hydrogens (tertiary/aromatic N) is 6. The molecule has 0 saturated heterocycles. The Labute approximate surface area is 452 Å². The van der Waals surface area contributed by atoms with Gasteiger partial charge in [0, 0.05) is 121 Å². The maximum Gasteiger partial charge on any atom is 0.326 e. The summed E-state index contributed by atoms with van der Waals surface area (Å²) < 4.78 is 0. The number of benzene rings is 4. The standard InChI is InChI=1S/C56H72N12O10/c1-32(69)59-41(14-10-12-24-57-51-37-20-16-33(65(2)3)26-43(37)60-44-27-34(66(4)5)17-21-38(44)51)53(74)63-48(31-50(72)73)55(76)64-47(30-49(70)71)54(75)62-42(56(77)78)15-11-13-25-58-52-39-22-18-35(67(6)7)28-45(39)61-46-29-36(68(8)9)19-23-40(46)52/h16-23,26-29,41-42,47-48H,10-15,24-25,30-31H2,1-9H3,(H,57,60)(H,58,61)(H,59,69)(H,62,75)(H,63,74)(H,64,76)(H,70,71)(H,72,73)(H,77,78)/t41-,42-,47-,48-/m0/s1. The van der Waals surface area contributed by atoms with Gasteiger partial charge in [-0.05, 0) is 111 Å². The van der Waals surface area contributed by atoms with Gasteiger partial charge in [-0.1, -0.05) is 0 Å². The fourth-order valence-electron chi connectivity index (χ4n) is 9.07. The molecule has 0 aliphatic heterocycles. The topological polar surface area (TPSA) is 291 Å². The molecule has 2 aromatic heterocycles. The molecular formula is C56H72N12O10. The van der Waals surface area contributed by atoms with Crippen LogP contribution in [-0.4, -0.2) is 160 Å². The Hall–Kier alpha value is -8.69. The zero-order valence-corrected chi connectivity index (χ0v) is 45.7. The van der Waals surface area contributed by atoms with Crippen molar-refractivity contribution in [3.8, 4) is 0 Å². The minimum atomic E-state index is -1.86. The Morgan fingerprint density at radius 2 is 0.744 bits per heavy atom. The van der Waals surface area contributed by atoms with E-state index in [-0.39, 0.29) is 12.8 Å². The molecule has 0 saturated carbocycles. The van der Waals surface area contributed by atoms with Gasteiger partial charge in [0.1, 0.15) is 24.2 Å². The number of amides is 4. The van der Waals surface area contributed by atoms with Gasteiger partial charge in [-0.25, -0.2) is 14.8 Å². The number of anilines is 6. The number of fused-ring (bicyclic) bond motifs is 4. The molecule has 416 valence electrons. The minimum absolute atomic E-state index is 0.0573. The van der Waals surface area contributed by atoms with E-state index in [9.17, 15) is 48.9 Å². The average molecular weight is 1070 g/mol. The number of aromatic nitrogens is 2. The summed E-state index contributed by atoms with van der Waals surface area (Å²) in [7, 11) is 15.6. The van der Waals surface area contributed by atoms with Crippen LogP contribution < -0.4 is 51.5 Å². The average Bonchev–Trinajstić information content (AvgIpc) is 3.37. The summed E-state index contributed by atoms with van der Waals surface area (Å²) in [6.07, 6.45) is -0.234. The second kappa shape index (κ2) is 26.4. The SMILES string of the molecule is CC(=O)N[C@@H](CCCCNc1c2ccc(N(C)C)cc2nc2cc(N(C)C)ccc12)C(=O)N[C@@H](CC(=O)O)C(=O)N[C@@H](CC(=O)O)C(=O)N[C@@H](CCCCNc1c2ccc(N(C)C)cc2nc2cc(N(C)C)ccc12)C(=O)O. The van der Waals surface area contributed by atoms with Crippen LogP contribution in [0.25, 0.3) is 43.6 Å². The molecule has 0 bridgehead atoms. The number of carbonyl (C=O) groups is 7. The van der Waals surface area contributed by atoms with E-state index in [1.54, 1.807) is 0 Å². The summed E-state index contributed by atoms with van der Waals surface area (Å²) in [5.41, 5.74) is 8.83. The Bertz CT molecular complexity index is 3070. The quantitative estimate of drug-likeness (QED) is 0.0225. The van der Waals surface area contributed by atoms with Crippen LogP contribution in [0.15, 0.2) is 72.8 Å². The predicted octanol–water partition coefficient (Wildman–Crippen LogP) is 5.21. The molecule has 22 heteroatoms. The van der Waals surface area contributed by atoms with Crippen molar-refractivity contribution in [3.05, 3.63) is 72.8 Å². The highest BCUT2D eigenvalue weighted by Crippen LogP contribution is 2.36. The predicted molar refractivity (Wildman–Crippen MR) is 306 cm³/mol. The molecular weight excluding hydrogens is 1000 g/mol. The third-order valence-corrected chi connectivity index (χ3v) is 13.3. The van der Waals surface area contributed by atoms with Crippen LogP contribution in [0.1, 0.15) is 58.3 Å². The molecule has 2 heterocycles. The number of hydrogen-bond donors (Lipinski definition) is 9. The van der Waals surface area contributed by atoms with Gasteiger partial charge < -0.3 is 66.8 Å². The first kappa shape index (κ1) is 58.6. The maximum atomic E-state index is 13.8. The van der Waals surface area contributed by atoms with E-state index in [1.165, 1.54) is 6.92 Å².